The molecule has 7 heteroatoms. The van der Waals surface area contributed by atoms with Crippen molar-refractivity contribution in [3.8, 4) is 0 Å². The molecule has 0 aromatic rings. The van der Waals surface area contributed by atoms with Crippen molar-refractivity contribution >= 4 is 29.3 Å². The van der Waals surface area contributed by atoms with Gasteiger partial charge >= 0.3 is 0 Å². The summed E-state index contributed by atoms with van der Waals surface area (Å²) in [6, 6.07) is 0. The van der Waals surface area contributed by atoms with Gasteiger partial charge in [0.05, 0.1) is 12.0 Å². The van der Waals surface area contributed by atoms with Crippen molar-refractivity contribution in [3.63, 3.8) is 0 Å². The van der Waals surface area contributed by atoms with Crippen molar-refractivity contribution in [2.45, 2.75) is 38.5 Å². The van der Waals surface area contributed by atoms with Crippen LogP contribution in [0, 0.1) is 23.2 Å². The summed E-state index contributed by atoms with van der Waals surface area (Å²) < 4.78 is 0. The van der Waals surface area contributed by atoms with E-state index in [1.165, 1.54) is 19.3 Å². The molecule has 3 amide bonds. The van der Waals surface area contributed by atoms with Crippen LogP contribution in [0.25, 0.3) is 0 Å². The van der Waals surface area contributed by atoms with Crippen molar-refractivity contribution in [2.24, 2.45) is 23.2 Å². The average Bonchev–Trinajstić information content (AvgIpc) is 2.64. The van der Waals surface area contributed by atoms with Gasteiger partial charge in [0.25, 0.3) is 0 Å². The summed E-state index contributed by atoms with van der Waals surface area (Å²) in [4.78, 5) is 40.4. The van der Waals surface area contributed by atoms with Crippen LogP contribution in [-0.4, -0.2) is 66.1 Å². The van der Waals surface area contributed by atoms with E-state index in [2.05, 4.69) is 5.32 Å². The Morgan fingerprint density at radius 2 is 1.38 bits per heavy atom. The number of amides is 3. The highest BCUT2D eigenvalue weighted by molar-refractivity contribution is 6.27. The van der Waals surface area contributed by atoms with Gasteiger partial charge < -0.3 is 15.1 Å². The summed E-state index contributed by atoms with van der Waals surface area (Å²) in [6.07, 6.45) is 7.26. The van der Waals surface area contributed by atoms with Gasteiger partial charge in [-0.15, -0.1) is 11.6 Å². The first-order chi connectivity index (χ1) is 12.5. The number of alkyl halides is 1. The van der Waals surface area contributed by atoms with E-state index in [0.29, 0.717) is 32.1 Å². The van der Waals surface area contributed by atoms with Gasteiger partial charge in [-0.1, -0.05) is 0 Å². The Balaban J connectivity index is 1.31. The Labute approximate surface area is 159 Å². The van der Waals surface area contributed by atoms with Gasteiger partial charge in [0.1, 0.15) is 5.88 Å². The van der Waals surface area contributed by atoms with E-state index in [0.717, 1.165) is 37.0 Å². The maximum atomic E-state index is 13.3. The van der Waals surface area contributed by atoms with Crippen molar-refractivity contribution in [1.29, 1.82) is 0 Å². The summed E-state index contributed by atoms with van der Waals surface area (Å²) in [5.41, 5.74) is -0.102. The number of halogens is 1. The molecule has 144 valence electrons. The maximum Gasteiger partial charge on any atom is 0.242 e. The number of piperazine rings is 1. The second-order valence-corrected chi connectivity index (χ2v) is 9.05. The Morgan fingerprint density at radius 1 is 0.885 bits per heavy atom. The van der Waals surface area contributed by atoms with Crippen molar-refractivity contribution in [1.82, 2.24) is 15.1 Å². The number of hydrogen-bond acceptors (Lipinski definition) is 3. The summed E-state index contributed by atoms with van der Waals surface area (Å²) >= 11 is 5.42. The Morgan fingerprint density at radius 3 is 1.88 bits per heavy atom. The highest BCUT2D eigenvalue weighted by Crippen LogP contribution is 2.60. The van der Waals surface area contributed by atoms with E-state index in [9.17, 15) is 14.4 Å². The lowest BCUT2D eigenvalue weighted by atomic mass is 9.49. The fourth-order valence-electron chi connectivity index (χ4n) is 6.20. The van der Waals surface area contributed by atoms with Crippen molar-refractivity contribution in [3.05, 3.63) is 0 Å². The zero-order chi connectivity index (χ0) is 18.3. The summed E-state index contributed by atoms with van der Waals surface area (Å²) in [7, 11) is 0. The molecule has 5 rings (SSSR count). The first kappa shape index (κ1) is 18.1. The molecule has 0 aromatic carbocycles. The summed E-state index contributed by atoms with van der Waals surface area (Å²) in [6.45, 7) is 2.29. The highest BCUT2D eigenvalue weighted by atomic mass is 35.5. The molecule has 0 spiro atoms. The lowest BCUT2D eigenvalue weighted by Gasteiger charge is -2.57. The fourth-order valence-corrected chi connectivity index (χ4v) is 6.29. The van der Waals surface area contributed by atoms with Gasteiger partial charge in [-0.25, -0.2) is 0 Å². The second kappa shape index (κ2) is 7.02. The Hall–Kier alpha value is -1.30. The molecule has 0 radical (unpaired) electrons. The van der Waals surface area contributed by atoms with E-state index >= 15 is 0 Å². The predicted molar refractivity (Wildman–Crippen MR) is 97.5 cm³/mol. The summed E-state index contributed by atoms with van der Waals surface area (Å²) in [5, 5.41) is 2.51. The van der Waals surface area contributed by atoms with E-state index in [1.54, 1.807) is 4.90 Å². The maximum absolute atomic E-state index is 13.3. The molecular formula is C19H28ClN3O3. The van der Waals surface area contributed by atoms with Crippen LogP contribution in [0.1, 0.15) is 38.5 Å². The first-order valence-corrected chi connectivity index (χ1v) is 10.4. The molecule has 1 N–H and O–H groups in total. The lowest BCUT2D eigenvalue weighted by molar-refractivity contribution is -0.160. The number of rotatable bonds is 4. The summed E-state index contributed by atoms with van der Waals surface area (Å²) in [5.74, 6) is 2.05. The number of nitrogens with one attached hydrogen (secondary N) is 1. The third-order valence-corrected chi connectivity index (χ3v) is 7.21. The fraction of sp³-hybridized carbons (Fsp3) is 0.842. The van der Waals surface area contributed by atoms with Crippen LogP contribution in [0.15, 0.2) is 0 Å². The topological polar surface area (TPSA) is 69.7 Å². The van der Waals surface area contributed by atoms with E-state index in [4.69, 9.17) is 11.6 Å². The van der Waals surface area contributed by atoms with Crippen molar-refractivity contribution in [2.75, 3.05) is 38.6 Å². The van der Waals surface area contributed by atoms with Gasteiger partial charge in [-0.3, -0.25) is 14.4 Å². The first-order valence-electron chi connectivity index (χ1n) is 9.89. The number of hydrogen-bond donors (Lipinski definition) is 1. The zero-order valence-electron chi connectivity index (χ0n) is 15.2. The van der Waals surface area contributed by atoms with E-state index in [1.807, 2.05) is 4.90 Å². The molecule has 1 saturated heterocycles. The van der Waals surface area contributed by atoms with Crippen molar-refractivity contribution < 1.29 is 14.4 Å². The molecule has 4 aliphatic carbocycles. The Bertz CT molecular complexity index is 566. The number of carbonyl (C=O) groups excluding carboxylic acids is 3. The molecule has 5 aliphatic rings. The second-order valence-electron chi connectivity index (χ2n) is 8.78. The minimum absolute atomic E-state index is 0.0194. The molecule has 1 aliphatic heterocycles. The monoisotopic (exact) mass is 381 g/mol. The average molecular weight is 382 g/mol. The highest BCUT2D eigenvalue weighted by Gasteiger charge is 2.55. The minimum Gasteiger partial charge on any atom is -0.346 e. The third kappa shape index (κ3) is 3.32. The van der Waals surface area contributed by atoms with Crippen LogP contribution < -0.4 is 5.32 Å². The largest absolute Gasteiger partial charge is 0.346 e. The third-order valence-electron chi connectivity index (χ3n) is 6.97. The van der Waals surface area contributed by atoms with Crippen LogP contribution in [0.2, 0.25) is 0 Å². The van der Waals surface area contributed by atoms with Crippen LogP contribution in [0.5, 0.6) is 0 Å². The lowest BCUT2D eigenvalue weighted by Crippen LogP contribution is -2.59. The minimum atomic E-state index is -0.337. The Kier molecular flexibility index (Phi) is 4.88. The SMILES string of the molecule is O=C(CCl)NCC(=O)N1CCN(C(=O)C23CC4CC(CC(C4)C2)C3)CC1. The molecule has 5 fully saturated rings. The molecule has 6 nitrogen and oxygen atoms in total. The molecule has 26 heavy (non-hydrogen) atoms. The van der Waals surface area contributed by atoms with E-state index in [-0.39, 0.29) is 29.7 Å². The van der Waals surface area contributed by atoms with Gasteiger partial charge in [0.15, 0.2) is 0 Å². The van der Waals surface area contributed by atoms with Crippen LogP contribution in [0.3, 0.4) is 0 Å². The standard InChI is InChI=1S/C19H28ClN3O3/c20-11-16(24)21-12-17(25)22-1-3-23(4-2-22)18(26)19-8-13-5-14(9-19)7-15(6-13)10-19/h13-15H,1-12H2,(H,21,24). The predicted octanol–water partition coefficient (Wildman–Crippen LogP) is 1.23. The molecule has 4 bridgehead atoms. The number of carbonyl (C=O) groups is 3. The quantitative estimate of drug-likeness (QED) is 0.744. The molecule has 0 aromatic heterocycles. The molecule has 0 unspecified atom stereocenters. The zero-order valence-corrected chi connectivity index (χ0v) is 16.0. The van der Waals surface area contributed by atoms with Crippen LogP contribution >= 0.6 is 11.6 Å². The van der Waals surface area contributed by atoms with Gasteiger partial charge in [0, 0.05) is 26.2 Å². The smallest absolute Gasteiger partial charge is 0.242 e. The van der Waals surface area contributed by atoms with Crippen LogP contribution in [-0.2, 0) is 14.4 Å². The van der Waals surface area contributed by atoms with Gasteiger partial charge in [0.2, 0.25) is 17.7 Å². The van der Waals surface area contributed by atoms with Gasteiger partial charge in [-0.2, -0.15) is 0 Å². The number of nitrogens with zero attached hydrogens (tertiary/aromatic N) is 2. The van der Waals surface area contributed by atoms with E-state index < -0.39 is 0 Å². The molecular weight excluding hydrogens is 354 g/mol. The molecule has 4 saturated carbocycles. The molecule has 1 heterocycles. The van der Waals surface area contributed by atoms with Gasteiger partial charge in [-0.05, 0) is 56.3 Å². The normalized spacial score (nSPS) is 35.5. The molecule has 0 atom stereocenters. The van der Waals surface area contributed by atoms with Crippen LogP contribution in [0.4, 0.5) is 0 Å².